The summed E-state index contributed by atoms with van der Waals surface area (Å²) in [6, 6.07) is 0.469. The van der Waals surface area contributed by atoms with Crippen LogP contribution in [0.5, 0.6) is 0 Å². The molecule has 0 aliphatic carbocycles. The maximum absolute atomic E-state index is 5.68. The average molecular weight is 232 g/mol. The van der Waals surface area contributed by atoms with Crippen molar-refractivity contribution in [2.24, 2.45) is 7.05 Å². The van der Waals surface area contributed by atoms with E-state index in [1.165, 1.54) is 4.80 Å². The fraction of sp³-hybridized carbons (Fsp3) is 0.889. The lowest BCUT2D eigenvalue weighted by atomic mass is 10.3. The quantitative estimate of drug-likeness (QED) is 0.687. The fourth-order valence-electron chi connectivity index (χ4n) is 1.35. The molecule has 15 heavy (non-hydrogen) atoms. The Labute approximate surface area is 95.4 Å². The number of aromatic nitrogens is 4. The van der Waals surface area contributed by atoms with Crippen molar-refractivity contribution in [1.82, 2.24) is 25.1 Å². The summed E-state index contributed by atoms with van der Waals surface area (Å²) in [7, 11) is 1.77. The Kier molecular flexibility index (Phi) is 4.98. The van der Waals surface area contributed by atoms with E-state index >= 15 is 0 Å². The van der Waals surface area contributed by atoms with E-state index in [4.69, 9.17) is 11.6 Å². The van der Waals surface area contributed by atoms with Gasteiger partial charge >= 0.3 is 0 Å². The molecule has 0 unspecified atom stereocenters. The van der Waals surface area contributed by atoms with Crippen molar-refractivity contribution in [3.05, 3.63) is 5.82 Å². The maximum atomic E-state index is 5.68. The molecule has 0 atom stereocenters. The molecule has 0 saturated heterocycles. The second kappa shape index (κ2) is 6.02. The summed E-state index contributed by atoms with van der Waals surface area (Å²) in [6.45, 7) is 6.02. The highest BCUT2D eigenvalue weighted by molar-refractivity contribution is 6.17. The van der Waals surface area contributed by atoms with Crippen LogP contribution in [0.3, 0.4) is 0 Å². The van der Waals surface area contributed by atoms with E-state index in [2.05, 4.69) is 34.2 Å². The lowest BCUT2D eigenvalue weighted by molar-refractivity contribution is 0.208. The van der Waals surface area contributed by atoms with E-state index in [-0.39, 0.29) is 0 Å². The monoisotopic (exact) mass is 231 g/mol. The molecule has 0 radical (unpaired) electrons. The van der Waals surface area contributed by atoms with E-state index in [0.29, 0.717) is 11.9 Å². The minimum atomic E-state index is 0.469. The molecule has 5 nitrogen and oxygen atoms in total. The molecule has 86 valence electrons. The van der Waals surface area contributed by atoms with Crippen LogP contribution >= 0.6 is 11.6 Å². The highest BCUT2D eigenvalue weighted by Crippen LogP contribution is 2.04. The molecule has 0 saturated carbocycles. The Morgan fingerprint density at radius 1 is 1.47 bits per heavy atom. The first-order chi connectivity index (χ1) is 7.13. The SMILES string of the molecule is CC(C)N(CCCCl)Cc1nnn(C)n1. The van der Waals surface area contributed by atoms with Crippen LogP contribution in [0.2, 0.25) is 0 Å². The van der Waals surface area contributed by atoms with Crippen LogP contribution in [0.4, 0.5) is 0 Å². The van der Waals surface area contributed by atoms with Crippen molar-refractivity contribution in [2.75, 3.05) is 12.4 Å². The average Bonchev–Trinajstić information content (AvgIpc) is 2.58. The molecule has 0 bridgehead atoms. The van der Waals surface area contributed by atoms with E-state index in [1.807, 2.05) is 0 Å². The van der Waals surface area contributed by atoms with Crippen LogP contribution in [0.25, 0.3) is 0 Å². The summed E-state index contributed by atoms with van der Waals surface area (Å²) in [5, 5.41) is 11.9. The second-order valence-electron chi connectivity index (χ2n) is 3.80. The first-order valence-electron chi connectivity index (χ1n) is 5.16. The number of nitrogens with zero attached hydrogens (tertiary/aromatic N) is 5. The van der Waals surface area contributed by atoms with Gasteiger partial charge in [-0.2, -0.15) is 4.80 Å². The van der Waals surface area contributed by atoms with Crippen LogP contribution in [0, 0.1) is 0 Å². The van der Waals surface area contributed by atoms with Gasteiger partial charge in [0.05, 0.1) is 13.6 Å². The third kappa shape index (κ3) is 4.13. The van der Waals surface area contributed by atoms with Crippen LogP contribution in [0.15, 0.2) is 0 Å². The number of aryl methyl sites for hydroxylation is 1. The summed E-state index contributed by atoms with van der Waals surface area (Å²) in [5.41, 5.74) is 0. The van der Waals surface area contributed by atoms with Crippen molar-refractivity contribution in [3.8, 4) is 0 Å². The molecule has 1 aromatic rings. The molecule has 0 aliphatic rings. The zero-order valence-corrected chi connectivity index (χ0v) is 10.3. The maximum Gasteiger partial charge on any atom is 0.188 e. The minimum Gasteiger partial charge on any atom is -0.293 e. The Morgan fingerprint density at radius 3 is 2.67 bits per heavy atom. The van der Waals surface area contributed by atoms with Crippen LogP contribution in [-0.2, 0) is 13.6 Å². The van der Waals surface area contributed by atoms with Crippen molar-refractivity contribution in [2.45, 2.75) is 32.9 Å². The largest absolute Gasteiger partial charge is 0.293 e. The van der Waals surface area contributed by atoms with Crippen molar-refractivity contribution in [1.29, 1.82) is 0 Å². The molecule has 0 aromatic carbocycles. The number of halogens is 1. The number of hydrogen-bond donors (Lipinski definition) is 0. The zero-order valence-electron chi connectivity index (χ0n) is 9.52. The highest BCUT2D eigenvalue weighted by Gasteiger charge is 2.12. The van der Waals surface area contributed by atoms with Gasteiger partial charge in [0, 0.05) is 18.5 Å². The van der Waals surface area contributed by atoms with Gasteiger partial charge in [-0.05, 0) is 25.5 Å². The third-order valence-corrected chi connectivity index (χ3v) is 2.47. The first kappa shape index (κ1) is 12.4. The Balaban J connectivity index is 2.50. The van der Waals surface area contributed by atoms with Gasteiger partial charge in [0.25, 0.3) is 0 Å². The summed E-state index contributed by atoms with van der Waals surface area (Å²) in [6.07, 6.45) is 0.986. The number of alkyl halides is 1. The summed E-state index contributed by atoms with van der Waals surface area (Å²) in [5.74, 6) is 1.46. The fourth-order valence-corrected chi connectivity index (χ4v) is 1.47. The van der Waals surface area contributed by atoms with Gasteiger partial charge in [0.2, 0.25) is 0 Å². The molecule has 0 aliphatic heterocycles. The van der Waals surface area contributed by atoms with E-state index < -0.39 is 0 Å². The number of tetrazole rings is 1. The second-order valence-corrected chi connectivity index (χ2v) is 4.18. The lowest BCUT2D eigenvalue weighted by Crippen LogP contribution is -2.32. The topological polar surface area (TPSA) is 46.8 Å². The van der Waals surface area contributed by atoms with Crippen molar-refractivity contribution < 1.29 is 0 Å². The van der Waals surface area contributed by atoms with Gasteiger partial charge in [0.15, 0.2) is 5.82 Å². The summed E-state index contributed by atoms with van der Waals surface area (Å²) >= 11 is 5.68. The molecule has 1 heterocycles. The molecule has 0 N–H and O–H groups in total. The lowest BCUT2D eigenvalue weighted by Gasteiger charge is -2.24. The van der Waals surface area contributed by atoms with Crippen LogP contribution < -0.4 is 0 Å². The number of hydrogen-bond acceptors (Lipinski definition) is 4. The van der Waals surface area contributed by atoms with Crippen LogP contribution in [0.1, 0.15) is 26.1 Å². The predicted octanol–water partition coefficient (Wildman–Crippen LogP) is 1.05. The first-order valence-corrected chi connectivity index (χ1v) is 5.70. The molecule has 0 spiro atoms. The molecule has 1 rings (SSSR count). The zero-order chi connectivity index (χ0) is 11.3. The third-order valence-electron chi connectivity index (χ3n) is 2.20. The van der Waals surface area contributed by atoms with Crippen LogP contribution in [-0.4, -0.2) is 43.6 Å². The molecule has 0 amide bonds. The Morgan fingerprint density at radius 2 is 2.20 bits per heavy atom. The van der Waals surface area contributed by atoms with Gasteiger partial charge < -0.3 is 0 Å². The van der Waals surface area contributed by atoms with Gasteiger partial charge in [-0.25, -0.2) is 0 Å². The normalized spacial score (nSPS) is 11.6. The molecule has 0 fully saturated rings. The minimum absolute atomic E-state index is 0.469. The van der Waals surface area contributed by atoms with E-state index in [9.17, 15) is 0 Å². The summed E-state index contributed by atoms with van der Waals surface area (Å²) in [4.78, 5) is 3.77. The highest BCUT2D eigenvalue weighted by atomic mass is 35.5. The number of rotatable bonds is 6. The Bertz CT molecular complexity index is 286. The van der Waals surface area contributed by atoms with E-state index in [0.717, 1.165) is 25.3 Å². The molecular weight excluding hydrogens is 214 g/mol. The smallest absolute Gasteiger partial charge is 0.188 e. The summed E-state index contributed by atoms with van der Waals surface area (Å²) < 4.78 is 0. The molecule has 6 heteroatoms. The standard InChI is InChI=1S/C9H18ClN5/c1-8(2)15(6-4-5-10)7-9-11-13-14(3)12-9/h8H,4-7H2,1-3H3. The van der Waals surface area contributed by atoms with Gasteiger partial charge in [0.1, 0.15) is 0 Å². The van der Waals surface area contributed by atoms with E-state index in [1.54, 1.807) is 7.05 Å². The van der Waals surface area contributed by atoms with Crippen molar-refractivity contribution >= 4 is 11.6 Å². The van der Waals surface area contributed by atoms with Gasteiger partial charge in [-0.15, -0.1) is 21.8 Å². The molecular formula is C9H18ClN5. The van der Waals surface area contributed by atoms with Gasteiger partial charge in [-0.3, -0.25) is 4.90 Å². The van der Waals surface area contributed by atoms with Crippen molar-refractivity contribution in [3.63, 3.8) is 0 Å². The predicted molar refractivity (Wildman–Crippen MR) is 59.7 cm³/mol. The molecule has 1 aromatic heterocycles. The Hall–Kier alpha value is -0.680. The van der Waals surface area contributed by atoms with Gasteiger partial charge in [-0.1, -0.05) is 0 Å².